The van der Waals surface area contributed by atoms with Crippen LogP contribution >= 0.6 is 0 Å². The molecule has 1 N–H and O–H groups in total. The maximum absolute atomic E-state index is 9.65. The van der Waals surface area contributed by atoms with Gasteiger partial charge in [-0.2, -0.15) is 0 Å². The number of hydrogen-bond acceptors (Lipinski definition) is 2. The fourth-order valence-electron chi connectivity index (χ4n) is 7.43. The minimum absolute atomic E-state index is 0.314. The number of allylic oxidation sites excluding steroid dienone is 4. The molecule has 0 bridgehead atoms. The molecule has 2 heteroatoms. The molecule has 6 unspecified atom stereocenters. The van der Waals surface area contributed by atoms with Crippen molar-refractivity contribution in [1.82, 2.24) is 4.98 Å². The molecule has 1 heterocycles. The number of fused-ring (bicyclic) bond motifs is 5. The average molecular weight is 364 g/mol. The normalized spacial score (nSPS) is 43.2. The van der Waals surface area contributed by atoms with Crippen LogP contribution in [-0.4, -0.2) is 16.7 Å². The molecule has 144 valence electrons. The van der Waals surface area contributed by atoms with Crippen LogP contribution in [0.25, 0.3) is 5.57 Å². The van der Waals surface area contributed by atoms with Crippen molar-refractivity contribution in [2.45, 2.75) is 58.8 Å². The Balaban J connectivity index is 1.45. The monoisotopic (exact) mass is 363 g/mol. The van der Waals surface area contributed by atoms with Gasteiger partial charge < -0.3 is 5.11 Å². The van der Waals surface area contributed by atoms with Crippen LogP contribution in [0.5, 0.6) is 0 Å². The number of hydrogen-bond donors (Lipinski definition) is 1. The number of nitrogens with zero attached hydrogens (tertiary/aromatic N) is 1. The standard InChI is InChI=1S/C25H33NO/c1-24-11-9-17(16-27)14-19(24)5-6-20-22-8-7-21(18-4-3-13-26-15-18)25(22,2)12-10-23(20)24/h3-5,7,13,15,17,20,22-23,27H,6,8-12,14,16H2,1-2H3. The Morgan fingerprint density at radius 3 is 2.70 bits per heavy atom. The zero-order chi connectivity index (χ0) is 18.6. The first kappa shape index (κ1) is 17.7. The second kappa shape index (κ2) is 6.30. The fourth-order valence-corrected chi connectivity index (χ4v) is 7.43. The van der Waals surface area contributed by atoms with Gasteiger partial charge >= 0.3 is 0 Å². The number of aromatic nitrogens is 1. The van der Waals surface area contributed by atoms with Crippen molar-refractivity contribution in [3.05, 3.63) is 47.8 Å². The molecule has 5 rings (SSSR count). The lowest BCUT2D eigenvalue weighted by Gasteiger charge is -2.58. The van der Waals surface area contributed by atoms with Gasteiger partial charge in [0.25, 0.3) is 0 Å². The topological polar surface area (TPSA) is 33.1 Å². The van der Waals surface area contributed by atoms with Gasteiger partial charge in [0.1, 0.15) is 0 Å². The Morgan fingerprint density at radius 1 is 1.07 bits per heavy atom. The van der Waals surface area contributed by atoms with E-state index in [2.05, 4.69) is 49.3 Å². The Kier molecular flexibility index (Phi) is 4.13. The van der Waals surface area contributed by atoms with Gasteiger partial charge in [-0.3, -0.25) is 4.98 Å². The van der Waals surface area contributed by atoms with Crippen LogP contribution in [0.4, 0.5) is 0 Å². The van der Waals surface area contributed by atoms with E-state index in [1.807, 2.05) is 6.20 Å². The predicted molar refractivity (Wildman–Crippen MR) is 110 cm³/mol. The molecule has 0 radical (unpaired) electrons. The van der Waals surface area contributed by atoms with Gasteiger partial charge in [0.05, 0.1) is 0 Å². The largest absolute Gasteiger partial charge is 0.396 e. The summed E-state index contributed by atoms with van der Waals surface area (Å²) >= 11 is 0. The van der Waals surface area contributed by atoms with Gasteiger partial charge in [0.2, 0.25) is 0 Å². The van der Waals surface area contributed by atoms with Crippen LogP contribution in [0.3, 0.4) is 0 Å². The van der Waals surface area contributed by atoms with Crippen molar-refractivity contribution in [2.75, 3.05) is 6.61 Å². The summed E-state index contributed by atoms with van der Waals surface area (Å²) in [6.07, 6.45) is 17.8. The number of pyridine rings is 1. The van der Waals surface area contributed by atoms with Gasteiger partial charge in [-0.15, -0.1) is 0 Å². The second-order valence-electron chi connectivity index (χ2n) is 10.1. The molecule has 0 aromatic carbocycles. The third kappa shape index (κ3) is 2.52. The van der Waals surface area contributed by atoms with Crippen molar-refractivity contribution in [2.24, 2.45) is 34.5 Å². The van der Waals surface area contributed by atoms with E-state index in [-0.39, 0.29) is 0 Å². The van der Waals surface area contributed by atoms with Crippen molar-refractivity contribution in [3.8, 4) is 0 Å². The van der Waals surface area contributed by atoms with E-state index < -0.39 is 0 Å². The Hall–Kier alpha value is -1.41. The highest BCUT2D eigenvalue weighted by molar-refractivity contribution is 5.72. The third-order valence-electron chi connectivity index (χ3n) is 9.02. The van der Waals surface area contributed by atoms with Crippen molar-refractivity contribution in [1.29, 1.82) is 0 Å². The maximum Gasteiger partial charge on any atom is 0.0462 e. The molecule has 27 heavy (non-hydrogen) atoms. The second-order valence-corrected chi connectivity index (χ2v) is 10.1. The van der Waals surface area contributed by atoms with Crippen LogP contribution in [0.1, 0.15) is 64.4 Å². The molecule has 6 atom stereocenters. The van der Waals surface area contributed by atoms with E-state index in [0.717, 1.165) is 24.2 Å². The number of aliphatic hydroxyl groups is 1. The summed E-state index contributed by atoms with van der Waals surface area (Å²) < 4.78 is 0. The third-order valence-corrected chi connectivity index (χ3v) is 9.02. The van der Waals surface area contributed by atoms with Crippen molar-refractivity contribution >= 4 is 5.57 Å². The number of rotatable bonds is 2. The first-order valence-electron chi connectivity index (χ1n) is 11.0. The highest BCUT2D eigenvalue weighted by Gasteiger charge is 2.56. The lowest BCUT2D eigenvalue weighted by molar-refractivity contribution is -0.0172. The summed E-state index contributed by atoms with van der Waals surface area (Å²) in [6.45, 7) is 5.45. The molecule has 2 fully saturated rings. The van der Waals surface area contributed by atoms with Crippen molar-refractivity contribution in [3.63, 3.8) is 0 Å². The van der Waals surface area contributed by atoms with Crippen LogP contribution in [-0.2, 0) is 0 Å². The molecule has 1 aromatic heterocycles. The first-order valence-corrected chi connectivity index (χ1v) is 11.0. The molecule has 4 aliphatic rings. The fraction of sp³-hybridized carbons (Fsp3) is 0.640. The highest BCUT2D eigenvalue weighted by atomic mass is 16.3. The maximum atomic E-state index is 9.65. The SMILES string of the molecule is CC12CCC(CO)CC1=CCC1C2CCC2(C)C(c3cccnc3)=CCC12. The molecule has 2 nitrogen and oxygen atoms in total. The molecule has 0 aliphatic heterocycles. The molecule has 1 aromatic rings. The van der Waals surface area contributed by atoms with Crippen LogP contribution < -0.4 is 0 Å². The summed E-state index contributed by atoms with van der Waals surface area (Å²) in [5, 5.41) is 9.65. The van der Waals surface area contributed by atoms with Gasteiger partial charge in [-0.1, -0.05) is 37.6 Å². The van der Waals surface area contributed by atoms with Gasteiger partial charge in [0, 0.05) is 19.0 Å². The molecule has 4 aliphatic carbocycles. The average Bonchev–Trinajstić information content (AvgIpc) is 3.05. The Labute approximate surface area is 163 Å². The molecular weight excluding hydrogens is 330 g/mol. The van der Waals surface area contributed by atoms with E-state index in [4.69, 9.17) is 0 Å². The van der Waals surface area contributed by atoms with E-state index >= 15 is 0 Å². The molecule has 0 amide bonds. The van der Waals surface area contributed by atoms with E-state index in [9.17, 15) is 5.11 Å². The Bertz CT molecular complexity index is 781. The smallest absolute Gasteiger partial charge is 0.0462 e. The van der Waals surface area contributed by atoms with Crippen molar-refractivity contribution < 1.29 is 5.11 Å². The lowest BCUT2D eigenvalue weighted by atomic mass is 9.47. The number of aliphatic hydroxyl groups excluding tert-OH is 1. The highest BCUT2D eigenvalue weighted by Crippen LogP contribution is 2.66. The van der Waals surface area contributed by atoms with Crippen LogP contribution in [0, 0.1) is 34.5 Å². The first-order chi connectivity index (χ1) is 13.1. The molecule has 0 saturated heterocycles. The van der Waals surface area contributed by atoms with E-state index in [0.29, 0.717) is 23.4 Å². The summed E-state index contributed by atoms with van der Waals surface area (Å²) in [6, 6.07) is 4.32. The molecule has 0 spiro atoms. The van der Waals surface area contributed by atoms with Crippen LogP contribution in [0.15, 0.2) is 42.3 Å². The van der Waals surface area contributed by atoms with Gasteiger partial charge in [0.15, 0.2) is 0 Å². The quantitative estimate of drug-likeness (QED) is 0.689. The summed E-state index contributed by atoms with van der Waals surface area (Å²) in [4.78, 5) is 4.39. The summed E-state index contributed by atoms with van der Waals surface area (Å²) in [5.74, 6) is 2.92. The molecular formula is C25H33NO. The zero-order valence-corrected chi connectivity index (χ0v) is 16.8. The predicted octanol–water partition coefficient (Wildman–Crippen LogP) is 5.65. The summed E-state index contributed by atoms with van der Waals surface area (Å²) in [7, 11) is 0. The van der Waals surface area contributed by atoms with Gasteiger partial charge in [-0.05, 0) is 96.7 Å². The van der Waals surface area contributed by atoms with Crippen LogP contribution in [0.2, 0.25) is 0 Å². The minimum Gasteiger partial charge on any atom is -0.396 e. The lowest BCUT2D eigenvalue weighted by Crippen LogP contribution is -2.49. The minimum atomic E-state index is 0.314. The molecule has 2 saturated carbocycles. The van der Waals surface area contributed by atoms with E-state index in [1.54, 1.807) is 11.1 Å². The van der Waals surface area contributed by atoms with E-state index in [1.165, 1.54) is 44.1 Å². The Morgan fingerprint density at radius 2 is 1.93 bits per heavy atom. The summed E-state index contributed by atoms with van der Waals surface area (Å²) in [5.41, 5.74) is 5.27. The van der Waals surface area contributed by atoms with Gasteiger partial charge in [-0.25, -0.2) is 0 Å². The zero-order valence-electron chi connectivity index (χ0n) is 16.8.